The summed E-state index contributed by atoms with van der Waals surface area (Å²) < 4.78 is 6.09. The molecule has 0 radical (unpaired) electrons. The first-order valence-corrected chi connectivity index (χ1v) is 11.2. The summed E-state index contributed by atoms with van der Waals surface area (Å²) in [7, 11) is 0. The first-order chi connectivity index (χ1) is 15.2. The highest BCUT2D eigenvalue weighted by molar-refractivity contribution is 6.21. The smallest absolute Gasteiger partial charge is 0.195 e. The van der Waals surface area contributed by atoms with Crippen molar-refractivity contribution in [3.8, 4) is 5.75 Å². The van der Waals surface area contributed by atoms with Gasteiger partial charge in [0.05, 0.1) is 11.1 Å². The lowest BCUT2D eigenvalue weighted by Gasteiger charge is -2.33. The van der Waals surface area contributed by atoms with Crippen LogP contribution in [0.4, 0.5) is 5.69 Å². The van der Waals surface area contributed by atoms with Crippen LogP contribution in [0.5, 0.6) is 5.75 Å². The monoisotopic (exact) mass is 433 g/mol. The Balaban J connectivity index is 1.82. The SMILES string of the molecule is CCN(CC)CCOc1cc2c(cc1C(C)=O)C(=O)c1c([nH]c3cc(N)ccc13)C2(C)C. The minimum absolute atomic E-state index is 0.0810. The molecule has 6 nitrogen and oxygen atoms in total. The maximum absolute atomic E-state index is 13.6. The van der Waals surface area contributed by atoms with E-state index in [0.29, 0.717) is 34.7 Å². The molecule has 1 aliphatic carbocycles. The third-order valence-electron chi connectivity index (χ3n) is 6.65. The fourth-order valence-electron chi connectivity index (χ4n) is 4.69. The average Bonchev–Trinajstić information content (AvgIpc) is 3.14. The molecule has 0 saturated carbocycles. The summed E-state index contributed by atoms with van der Waals surface area (Å²) in [6.45, 7) is 13.1. The van der Waals surface area contributed by atoms with Crippen molar-refractivity contribution >= 4 is 28.2 Å². The number of likely N-dealkylation sites (N-methyl/N-ethyl adjacent to an activating group) is 1. The second kappa shape index (κ2) is 8.10. The van der Waals surface area contributed by atoms with Gasteiger partial charge >= 0.3 is 0 Å². The molecule has 0 amide bonds. The van der Waals surface area contributed by atoms with Crippen LogP contribution in [0.15, 0.2) is 30.3 Å². The number of nitrogens with zero attached hydrogens (tertiary/aromatic N) is 1. The van der Waals surface area contributed by atoms with Crippen LogP contribution >= 0.6 is 0 Å². The number of carbonyl (C=O) groups is 2. The molecule has 0 unspecified atom stereocenters. The Hall–Kier alpha value is -3.12. The lowest BCUT2D eigenvalue weighted by atomic mass is 9.70. The highest BCUT2D eigenvalue weighted by atomic mass is 16.5. The molecule has 0 aliphatic heterocycles. The van der Waals surface area contributed by atoms with Crippen LogP contribution in [0.3, 0.4) is 0 Å². The maximum atomic E-state index is 13.6. The van der Waals surface area contributed by atoms with Crippen molar-refractivity contribution in [2.45, 2.75) is 40.0 Å². The second-order valence-corrected chi connectivity index (χ2v) is 8.96. The normalized spacial score (nSPS) is 14.5. The molecule has 3 N–H and O–H groups in total. The summed E-state index contributed by atoms with van der Waals surface area (Å²) in [6.07, 6.45) is 0. The number of nitrogens with one attached hydrogen (secondary N) is 1. The van der Waals surface area contributed by atoms with E-state index in [4.69, 9.17) is 10.5 Å². The number of ketones is 2. The summed E-state index contributed by atoms with van der Waals surface area (Å²) in [6, 6.07) is 9.14. The molecule has 1 heterocycles. The van der Waals surface area contributed by atoms with E-state index in [2.05, 4.69) is 37.6 Å². The molecule has 0 bridgehead atoms. The van der Waals surface area contributed by atoms with Gasteiger partial charge in [0.15, 0.2) is 11.6 Å². The lowest BCUT2D eigenvalue weighted by Crippen LogP contribution is -2.31. The minimum atomic E-state index is -0.474. The summed E-state index contributed by atoms with van der Waals surface area (Å²) in [5.41, 5.74) is 10.3. The van der Waals surface area contributed by atoms with E-state index < -0.39 is 5.41 Å². The largest absolute Gasteiger partial charge is 0.491 e. The van der Waals surface area contributed by atoms with E-state index in [9.17, 15) is 9.59 Å². The molecule has 0 saturated heterocycles. The molecule has 32 heavy (non-hydrogen) atoms. The van der Waals surface area contributed by atoms with Gasteiger partial charge in [0.2, 0.25) is 0 Å². The number of nitrogen functional groups attached to an aromatic ring is 1. The number of Topliss-reactive ketones (excluding diaryl/α,β-unsaturated/α-hetero) is 1. The first-order valence-electron chi connectivity index (χ1n) is 11.2. The van der Waals surface area contributed by atoms with E-state index in [1.165, 1.54) is 6.92 Å². The van der Waals surface area contributed by atoms with Crippen molar-refractivity contribution in [3.05, 3.63) is 58.3 Å². The Labute approximate surface area is 188 Å². The van der Waals surface area contributed by atoms with Gasteiger partial charge in [-0.25, -0.2) is 0 Å². The summed E-state index contributed by atoms with van der Waals surface area (Å²) >= 11 is 0. The molecule has 3 aromatic rings. The van der Waals surface area contributed by atoms with Crippen LogP contribution in [0, 0.1) is 0 Å². The van der Waals surface area contributed by atoms with Crippen molar-refractivity contribution in [1.29, 1.82) is 0 Å². The number of H-pyrrole nitrogens is 1. The molecule has 0 spiro atoms. The number of hydrogen-bond donors (Lipinski definition) is 2. The van der Waals surface area contributed by atoms with Gasteiger partial charge in [0, 0.05) is 39.8 Å². The number of rotatable bonds is 7. The fraction of sp³-hybridized carbons (Fsp3) is 0.385. The molecule has 0 fully saturated rings. The van der Waals surface area contributed by atoms with Crippen LogP contribution < -0.4 is 10.5 Å². The molecule has 1 aliphatic rings. The highest BCUT2D eigenvalue weighted by Gasteiger charge is 2.40. The van der Waals surface area contributed by atoms with E-state index in [1.807, 2.05) is 18.2 Å². The standard InChI is InChI=1S/C26H31N3O3/c1-6-29(7-2)10-11-32-22-14-20-19(13-18(22)15(3)30)24(31)23-17-9-8-16(27)12-21(17)28-25(23)26(20,4)5/h8-9,12-14,28H,6-7,10-11,27H2,1-5H3. The van der Waals surface area contributed by atoms with Crippen molar-refractivity contribution in [3.63, 3.8) is 0 Å². The number of ether oxygens (including phenoxy) is 1. The van der Waals surface area contributed by atoms with Crippen LogP contribution in [-0.2, 0) is 5.41 Å². The minimum Gasteiger partial charge on any atom is -0.491 e. The molecule has 2 aromatic carbocycles. The zero-order chi connectivity index (χ0) is 23.2. The summed E-state index contributed by atoms with van der Waals surface area (Å²) in [4.78, 5) is 31.8. The van der Waals surface area contributed by atoms with Crippen LogP contribution in [0.25, 0.3) is 10.9 Å². The zero-order valence-corrected chi connectivity index (χ0v) is 19.5. The maximum Gasteiger partial charge on any atom is 0.195 e. The van der Waals surface area contributed by atoms with Crippen molar-refractivity contribution in [1.82, 2.24) is 9.88 Å². The van der Waals surface area contributed by atoms with Gasteiger partial charge in [0.25, 0.3) is 0 Å². The molecule has 1 aromatic heterocycles. The topological polar surface area (TPSA) is 88.4 Å². The number of nitrogens with two attached hydrogens (primary N) is 1. The van der Waals surface area contributed by atoms with Gasteiger partial charge in [0.1, 0.15) is 12.4 Å². The van der Waals surface area contributed by atoms with Crippen LogP contribution in [0.2, 0.25) is 0 Å². The number of anilines is 1. The number of benzene rings is 2. The van der Waals surface area contributed by atoms with Gasteiger partial charge in [-0.2, -0.15) is 0 Å². The lowest BCUT2D eigenvalue weighted by molar-refractivity contribution is 0.101. The average molecular weight is 434 g/mol. The Kier molecular flexibility index (Phi) is 5.59. The van der Waals surface area contributed by atoms with Crippen LogP contribution in [0.1, 0.15) is 72.2 Å². The number of hydrogen-bond acceptors (Lipinski definition) is 5. The molecular formula is C26H31N3O3. The number of aromatic amines is 1. The third kappa shape index (κ3) is 3.48. The van der Waals surface area contributed by atoms with Gasteiger partial charge in [-0.15, -0.1) is 0 Å². The van der Waals surface area contributed by atoms with Crippen molar-refractivity contribution in [2.75, 3.05) is 32.0 Å². The quantitative estimate of drug-likeness (QED) is 0.422. The van der Waals surface area contributed by atoms with E-state index in [1.54, 1.807) is 12.1 Å². The second-order valence-electron chi connectivity index (χ2n) is 8.96. The third-order valence-corrected chi connectivity index (χ3v) is 6.65. The van der Waals surface area contributed by atoms with Gasteiger partial charge in [-0.3, -0.25) is 9.59 Å². The van der Waals surface area contributed by atoms with Gasteiger partial charge in [-0.1, -0.05) is 33.8 Å². The number of fused-ring (bicyclic) bond motifs is 4. The Morgan fingerprint density at radius 2 is 1.88 bits per heavy atom. The number of aromatic nitrogens is 1. The fourth-order valence-corrected chi connectivity index (χ4v) is 4.69. The van der Waals surface area contributed by atoms with Crippen molar-refractivity contribution in [2.24, 2.45) is 0 Å². The Bertz CT molecular complexity index is 1220. The Morgan fingerprint density at radius 3 is 2.53 bits per heavy atom. The van der Waals surface area contributed by atoms with E-state index in [-0.39, 0.29) is 11.6 Å². The summed E-state index contributed by atoms with van der Waals surface area (Å²) in [5, 5.41) is 0.849. The predicted octanol–water partition coefficient (Wildman–Crippen LogP) is 4.54. The zero-order valence-electron chi connectivity index (χ0n) is 19.5. The number of carbonyl (C=O) groups excluding carboxylic acids is 2. The molecule has 168 valence electrons. The van der Waals surface area contributed by atoms with Crippen molar-refractivity contribution < 1.29 is 14.3 Å². The molecular weight excluding hydrogens is 402 g/mol. The molecule has 4 rings (SSSR count). The van der Waals surface area contributed by atoms with Crippen LogP contribution in [-0.4, -0.2) is 47.7 Å². The van der Waals surface area contributed by atoms with E-state index >= 15 is 0 Å². The first kappa shape index (κ1) is 22.1. The van der Waals surface area contributed by atoms with E-state index in [0.717, 1.165) is 41.8 Å². The van der Waals surface area contributed by atoms with Gasteiger partial charge in [-0.05, 0) is 49.8 Å². The van der Waals surface area contributed by atoms with Gasteiger partial charge < -0.3 is 20.4 Å². The molecule has 0 atom stereocenters. The Morgan fingerprint density at radius 1 is 1.16 bits per heavy atom. The predicted molar refractivity (Wildman–Crippen MR) is 128 cm³/mol. The summed E-state index contributed by atoms with van der Waals surface area (Å²) in [5.74, 6) is 0.337. The highest BCUT2D eigenvalue weighted by Crippen LogP contribution is 2.45. The molecule has 6 heteroatoms.